The summed E-state index contributed by atoms with van der Waals surface area (Å²) in [6.45, 7) is 3.59. The Morgan fingerprint density at radius 2 is 1.93 bits per heavy atom. The van der Waals surface area contributed by atoms with Crippen molar-refractivity contribution in [2.75, 3.05) is 6.61 Å². The predicted molar refractivity (Wildman–Crippen MR) is 101 cm³/mol. The Morgan fingerprint density at radius 3 is 2.59 bits per heavy atom. The van der Waals surface area contributed by atoms with Crippen LogP contribution in [0.15, 0.2) is 11.6 Å². The quantitative estimate of drug-likeness (QED) is 0.565. The molecular formula is C21H32N2O4. The molecule has 3 fully saturated rings. The maximum atomic E-state index is 12.4. The van der Waals surface area contributed by atoms with Gasteiger partial charge in [-0.15, -0.1) is 0 Å². The fraction of sp³-hybridized carbons (Fsp3) is 0.810. The highest BCUT2D eigenvalue weighted by atomic mass is 16.3. The van der Waals surface area contributed by atoms with Gasteiger partial charge in [-0.25, -0.2) is 0 Å². The van der Waals surface area contributed by atoms with Crippen molar-refractivity contribution in [3.63, 3.8) is 0 Å². The molecule has 4 rings (SSSR count). The summed E-state index contributed by atoms with van der Waals surface area (Å²) in [4.78, 5) is 24.4. The van der Waals surface area contributed by atoms with Crippen LogP contribution in [0.4, 0.5) is 0 Å². The fourth-order valence-electron chi connectivity index (χ4n) is 7.42. The average Bonchev–Trinajstić information content (AvgIpc) is 2.88. The number of carbonyl (C=O) groups is 2. The molecule has 27 heavy (non-hydrogen) atoms. The maximum Gasteiger partial charge on any atom is 0.161 e. The van der Waals surface area contributed by atoms with Crippen LogP contribution >= 0.6 is 0 Å². The van der Waals surface area contributed by atoms with Crippen molar-refractivity contribution in [1.29, 1.82) is 0 Å². The minimum Gasteiger partial charge on any atom is -0.391 e. The number of aliphatic hydroxyl groups excluding tert-OH is 2. The molecule has 4 aliphatic carbocycles. The first-order valence-corrected chi connectivity index (χ1v) is 10.2. The van der Waals surface area contributed by atoms with Gasteiger partial charge in [0.1, 0.15) is 6.61 Å². The molecule has 7 atom stereocenters. The Hall–Kier alpha value is -1.08. The molecule has 0 radical (unpaired) electrons. The third-order valence-corrected chi connectivity index (χ3v) is 9.16. The minimum atomic E-state index is -0.913. The number of rotatable bonds is 2. The van der Waals surface area contributed by atoms with Gasteiger partial charge < -0.3 is 21.7 Å². The van der Waals surface area contributed by atoms with Gasteiger partial charge in [0.15, 0.2) is 11.6 Å². The maximum absolute atomic E-state index is 12.4. The van der Waals surface area contributed by atoms with Gasteiger partial charge in [0.2, 0.25) is 0 Å². The van der Waals surface area contributed by atoms with E-state index in [0.717, 1.165) is 12.0 Å². The zero-order chi connectivity index (χ0) is 19.8. The van der Waals surface area contributed by atoms with Gasteiger partial charge in [0.05, 0.1) is 11.6 Å². The smallest absolute Gasteiger partial charge is 0.161 e. The van der Waals surface area contributed by atoms with Crippen LogP contribution in [-0.2, 0) is 9.59 Å². The lowest BCUT2D eigenvalue weighted by Crippen LogP contribution is -2.80. The third-order valence-electron chi connectivity index (χ3n) is 9.16. The predicted octanol–water partition coefficient (Wildman–Crippen LogP) is 0.829. The van der Waals surface area contributed by atoms with Crippen LogP contribution in [0.5, 0.6) is 0 Å². The molecule has 4 aliphatic rings. The average molecular weight is 376 g/mol. The molecule has 0 spiro atoms. The summed E-state index contributed by atoms with van der Waals surface area (Å²) >= 11 is 0. The number of hydrogen-bond acceptors (Lipinski definition) is 6. The van der Waals surface area contributed by atoms with E-state index >= 15 is 0 Å². The number of carbonyl (C=O) groups excluding carboxylic acids is 2. The lowest BCUT2D eigenvalue weighted by molar-refractivity contribution is -0.162. The molecule has 6 heteroatoms. The molecule has 6 nitrogen and oxygen atoms in total. The van der Waals surface area contributed by atoms with E-state index in [1.807, 2.05) is 6.92 Å². The second kappa shape index (κ2) is 5.72. The third kappa shape index (κ3) is 2.10. The van der Waals surface area contributed by atoms with Crippen molar-refractivity contribution in [3.05, 3.63) is 11.6 Å². The summed E-state index contributed by atoms with van der Waals surface area (Å²) in [6.07, 6.45) is 5.13. The van der Waals surface area contributed by atoms with Crippen LogP contribution in [-0.4, -0.2) is 45.6 Å². The molecule has 0 aromatic heterocycles. The molecule has 0 bridgehead atoms. The first-order chi connectivity index (χ1) is 12.5. The van der Waals surface area contributed by atoms with Gasteiger partial charge in [-0.05, 0) is 55.9 Å². The molecule has 0 amide bonds. The van der Waals surface area contributed by atoms with E-state index in [2.05, 4.69) is 6.92 Å². The van der Waals surface area contributed by atoms with Crippen LogP contribution in [0, 0.1) is 22.7 Å². The number of ketones is 2. The van der Waals surface area contributed by atoms with Crippen molar-refractivity contribution < 1.29 is 19.8 Å². The summed E-state index contributed by atoms with van der Waals surface area (Å²) in [5.41, 5.74) is 12.6. The zero-order valence-electron chi connectivity index (χ0n) is 16.3. The van der Waals surface area contributed by atoms with Gasteiger partial charge in [-0.1, -0.05) is 19.4 Å². The Kier molecular flexibility index (Phi) is 4.08. The summed E-state index contributed by atoms with van der Waals surface area (Å²) in [5, 5.41) is 20.8. The highest BCUT2D eigenvalue weighted by Crippen LogP contribution is 2.68. The van der Waals surface area contributed by atoms with Crippen LogP contribution in [0.3, 0.4) is 0 Å². The van der Waals surface area contributed by atoms with Crippen molar-refractivity contribution in [1.82, 2.24) is 0 Å². The van der Waals surface area contributed by atoms with Crippen molar-refractivity contribution in [2.45, 2.75) is 76.0 Å². The molecular weight excluding hydrogens is 344 g/mol. The van der Waals surface area contributed by atoms with Crippen molar-refractivity contribution in [2.24, 2.45) is 34.1 Å². The largest absolute Gasteiger partial charge is 0.391 e. The van der Waals surface area contributed by atoms with Gasteiger partial charge in [-0.3, -0.25) is 9.59 Å². The molecule has 0 aliphatic heterocycles. The molecule has 0 heterocycles. The lowest BCUT2D eigenvalue weighted by Gasteiger charge is -2.68. The van der Waals surface area contributed by atoms with Crippen LogP contribution in [0.1, 0.15) is 58.8 Å². The first kappa shape index (κ1) is 19.2. The van der Waals surface area contributed by atoms with Gasteiger partial charge in [0, 0.05) is 23.3 Å². The monoisotopic (exact) mass is 376 g/mol. The van der Waals surface area contributed by atoms with E-state index in [-0.39, 0.29) is 23.4 Å². The Balaban J connectivity index is 1.83. The van der Waals surface area contributed by atoms with E-state index in [9.17, 15) is 19.8 Å². The first-order valence-electron chi connectivity index (χ1n) is 10.2. The summed E-state index contributed by atoms with van der Waals surface area (Å²) in [5.74, 6) is -0.529. The summed E-state index contributed by atoms with van der Waals surface area (Å²) < 4.78 is 0. The number of hydrogen-bond donors (Lipinski definition) is 4. The zero-order valence-corrected chi connectivity index (χ0v) is 16.3. The normalized spacial score (nSPS) is 51.9. The SMILES string of the molecule is C[C@]12CCC(=O)C=C1CC[C@@H]1[C@]2(N)[C@@H](O)C[C@]2(C)[C@@H](C(=O)CO)CC[C@@]12N. The number of aliphatic hydroxyl groups is 2. The summed E-state index contributed by atoms with van der Waals surface area (Å²) in [6, 6.07) is 0. The van der Waals surface area contributed by atoms with Gasteiger partial charge in [0.25, 0.3) is 0 Å². The molecule has 3 saturated carbocycles. The Labute approximate surface area is 160 Å². The Morgan fingerprint density at radius 1 is 1.22 bits per heavy atom. The highest BCUT2D eigenvalue weighted by molar-refractivity contribution is 5.92. The van der Waals surface area contributed by atoms with E-state index in [1.165, 1.54) is 0 Å². The van der Waals surface area contributed by atoms with Gasteiger partial charge in [-0.2, -0.15) is 0 Å². The molecule has 6 N–H and O–H groups in total. The van der Waals surface area contributed by atoms with E-state index < -0.39 is 34.6 Å². The van der Waals surface area contributed by atoms with E-state index in [1.54, 1.807) is 6.08 Å². The second-order valence-corrected chi connectivity index (χ2v) is 9.89. The van der Waals surface area contributed by atoms with Crippen LogP contribution < -0.4 is 11.5 Å². The molecule has 0 aromatic rings. The molecule has 0 saturated heterocycles. The van der Waals surface area contributed by atoms with Crippen molar-refractivity contribution in [3.8, 4) is 0 Å². The highest BCUT2D eigenvalue weighted by Gasteiger charge is 2.73. The van der Waals surface area contributed by atoms with E-state index in [4.69, 9.17) is 11.5 Å². The molecule has 150 valence electrons. The fourth-order valence-corrected chi connectivity index (χ4v) is 7.42. The number of Topliss-reactive ketones (excluding diaryl/α,β-unsaturated/α-hetero) is 1. The summed E-state index contributed by atoms with van der Waals surface area (Å²) in [7, 11) is 0. The second-order valence-electron chi connectivity index (χ2n) is 9.89. The topological polar surface area (TPSA) is 127 Å². The minimum absolute atomic E-state index is 0.134. The van der Waals surface area contributed by atoms with E-state index in [0.29, 0.717) is 38.5 Å². The molecule has 0 aromatic carbocycles. The number of nitrogens with two attached hydrogens (primary N) is 2. The van der Waals surface area contributed by atoms with Crippen LogP contribution in [0.2, 0.25) is 0 Å². The number of fused-ring (bicyclic) bond motifs is 5. The van der Waals surface area contributed by atoms with Crippen LogP contribution in [0.25, 0.3) is 0 Å². The Bertz CT molecular complexity index is 736. The van der Waals surface area contributed by atoms with Crippen molar-refractivity contribution >= 4 is 11.6 Å². The lowest BCUT2D eigenvalue weighted by atomic mass is 9.40. The van der Waals surface area contributed by atoms with Gasteiger partial charge >= 0.3 is 0 Å². The standard InChI is InChI=1S/C21H32N2O4/c1-18-7-5-13(25)9-12(18)3-4-16-20(22)8-6-14(15(26)11-24)19(20,2)10-17(27)21(16,18)23/h9,14,16-17,24,27H,3-8,10-11,22-23H2,1-2H3/t14-,16+,17+,18+,19-,20-,21+/m1/s1. The molecule has 0 unspecified atom stereocenters.